The third kappa shape index (κ3) is 6.42. The van der Waals surface area contributed by atoms with Crippen LogP contribution in [0.4, 0.5) is 5.69 Å². The summed E-state index contributed by atoms with van der Waals surface area (Å²) < 4.78 is 0. The summed E-state index contributed by atoms with van der Waals surface area (Å²) in [5, 5.41) is 8.00. The quantitative estimate of drug-likeness (QED) is 0.600. The number of hydrogen-bond donors (Lipinski definition) is 2. The molecule has 170 valence electrons. The lowest BCUT2D eigenvalue weighted by molar-refractivity contribution is -0.126. The topological polar surface area (TPSA) is 78.5 Å². The van der Waals surface area contributed by atoms with E-state index in [9.17, 15) is 14.4 Å². The highest BCUT2D eigenvalue weighted by molar-refractivity contribution is 7.09. The number of anilines is 1. The Morgan fingerprint density at radius 3 is 2.75 bits per heavy atom. The first kappa shape index (κ1) is 22.5. The van der Waals surface area contributed by atoms with Crippen LogP contribution in [0.5, 0.6) is 0 Å². The van der Waals surface area contributed by atoms with E-state index in [1.54, 1.807) is 40.5 Å². The van der Waals surface area contributed by atoms with Gasteiger partial charge in [0.15, 0.2) is 0 Å². The molecular formula is C25H31N3O3S. The Labute approximate surface area is 193 Å². The van der Waals surface area contributed by atoms with Gasteiger partial charge in [-0.3, -0.25) is 14.4 Å². The number of carbonyl (C=O) groups is 3. The van der Waals surface area contributed by atoms with E-state index in [4.69, 9.17) is 0 Å². The number of thiophene rings is 1. The fourth-order valence-electron chi connectivity index (χ4n) is 4.10. The molecule has 1 aliphatic heterocycles. The molecule has 2 aromatic rings. The average molecular weight is 454 g/mol. The average Bonchev–Trinajstić information content (AvgIpc) is 3.50. The zero-order valence-electron chi connectivity index (χ0n) is 18.3. The molecule has 4 rings (SSSR count). The number of nitrogens with one attached hydrogen (secondary N) is 2. The van der Waals surface area contributed by atoms with Gasteiger partial charge < -0.3 is 15.5 Å². The number of rotatable bonds is 9. The van der Waals surface area contributed by atoms with Gasteiger partial charge in [0.2, 0.25) is 11.8 Å². The Hall–Kier alpha value is -2.67. The zero-order valence-corrected chi connectivity index (χ0v) is 19.2. The van der Waals surface area contributed by atoms with Gasteiger partial charge in [-0.15, -0.1) is 11.3 Å². The number of piperidine rings is 1. The Balaban J connectivity index is 1.28. The van der Waals surface area contributed by atoms with Crippen LogP contribution in [-0.2, 0) is 16.0 Å². The second-order valence-corrected chi connectivity index (χ2v) is 9.87. The summed E-state index contributed by atoms with van der Waals surface area (Å²) in [6.45, 7) is 1.87. The lowest BCUT2D eigenvalue weighted by Crippen LogP contribution is -2.45. The summed E-state index contributed by atoms with van der Waals surface area (Å²) >= 11 is 1.71. The number of carbonyl (C=O) groups excluding carboxylic acids is 3. The predicted molar refractivity (Wildman–Crippen MR) is 127 cm³/mol. The van der Waals surface area contributed by atoms with E-state index >= 15 is 0 Å². The molecule has 2 N–H and O–H groups in total. The van der Waals surface area contributed by atoms with Crippen LogP contribution in [0.15, 0.2) is 41.8 Å². The van der Waals surface area contributed by atoms with Gasteiger partial charge in [0, 0.05) is 42.2 Å². The second kappa shape index (κ2) is 10.8. The van der Waals surface area contributed by atoms with Crippen LogP contribution in [0.2, 0.25) is 0 Å². The van der Waals surface area contributed by atoms with Crippen LogP contribution in [0.3, 0.4) is 0 Å². The van der Waals surface area contributed by atoms with Crippen molar-refractivity contribution in [3.05, 3.63) is 52.2 Å². The van der Waals surface area contributed by atoms with E-state index in [0.717, 1.165) is 32.2 Å². The first-order chi connectivity index (χ1) is 15.6. The van der Waals surface area contributed by atoms with E-state index in [1.165, 1.54) is 17.7 Å². The normalized spacial score (nSPS) is 18.2. The molecule has 6 nitrogen and oxygen atoms in total. The monoisotopic (exact) mass is 453 g/mol. The molecule has 1 aliphatic carbocycles. The van der Waals surface area contributed by atoms with Crippen LogP contribution < -0.4 is 10.6 Å². The molecule has 1 unspecified atom stereocenters. The van der Waals surface area contributed by atoms with Crippen molar-refractivity contribution in [3.8, 4) is 0 Å². The third-order valence-corrected chi connectivity index (χ3v) is 7.08. The standard InChI is InChI=1S/C25H31N3O3S/c29-23(10-2-8-22-9-4-14-32-22)27-21-7-1-5-19(15-21)25(31)28-13-3-6-20(17-28)24(30)26-16-18-11-12-18/h1,4-5,7,9,14-15,18,20H,2-3,6,8,10-13,16-17H2,(H,26,30)(H,27,29). The highest BCUT2D eigenvalue weighted by atomic mass is 32.1. The molecule has 32 heavy (non-hydrogen) atoms. The molecule has 1 aromatic heterocycles. The molecule has 2 aliphatic rings. The summed E-state index contributed by atoms with van der Waals surface area (Å²) in [6, 6.07) is 11.2. The van der Waals surface area contributed by atoms with Gasteiger partial charge in [-0.25, -0.2) is 0 Å². The minimum Gasteiger partial charge on any atom is -0.356 e. The number of nitrogens with zero attached hydrogens (tertiary/aromatic N) is 1. The number of hydrogen-bond acceptors (Lipinski definition) is 4. The van der Waals surface area contributed by atoms with Crippen molar-refractivity contribution in [1.82, 2.24) is 10.2 Å². The zero-order chi connectivity index (χ0) is 22.3. The Morgan fingerprint density at radius 1 is 1.09 bits per heavy atom. The molecule has 0 radical (unpaired) electrons. The lowest BCUT2D eigenvalue weighted by atomic mass is 9.96. The van der Waals surface area contributed by atoms with E-state index in [-0.39, 0.29) is 23.6 Å². The number of amides is 3. The van der Waals surface area contributed by atoms with Gasteiger partial charge >= 0.3 is 0 Å². The second-order valence-electron chi connectivity index (χ2n) is 8.84. The molecule has 1 aromatic carbocycles. The summed E-state index contributed by atoms with van der Waals surface area (Å²) in [7, 11) is 0. The van der Waals surface area contributed by atoms with Crippen molar-refractivity contribution in [2.24, 2.45) is 11.8 Å². The highest BCUT2D eigenvalue weighted by Crippen LogP contribution is 2.28. The Bertz CT molecular complexity index is 940. The van der Waals surface area contributed by atoms with Gasteiger partial charge in [-0.1, -0.05) is 12.1 Å². The van der Waals surface area contributed by atoms with Crippen molar-refractivity contribution in [1.29, 1.82) is 0 Å². The smallest absolute Gasteiger partial charge is 0.253 e. The molecule has 7 heteroatoms. The molecule has 0 spiro atoms. The van der Waals surface area contributed by atoms with E-state index < -0.39 is 0 Å². The summed E-state index contributed by atoms with van der Waals surface area (Å²) in [5.74, 6) is 0.444. The van der Waals surface area contributed by atoms with Gasteiger partial charge in [-0.05, 0) is 74.1 Å². The van der Waals surface area contributed by atoms with Crippen molar-refractivity contribution in [2.45, 2.75) is 44.9 Å². The Morgan fingerprint density at radius 2 is 1.97 bits per heavy atom. The van der Waals surface area contributed by atoms with Crippen molar-refractivity contribution in [3.63, 3.8) is 0 Å². The summed E-state index contributed by atoms with van der Waals surface area (Å²) in [4.78, 5) is 40.9. The fraction of sp³-hybridized carbons (Fsp3) is 0.480. The number of aryl methyl sites for hydroxylation is 1. The molecule has 0 bridgehead atoms. The minimum atomic E-state index is -0.141. The number of benzene rings is 1. The van der Waals surface area contributed by atoms with E-state index in [0.29, 0.717) is 36.7 Å². The maximum atomic E-state index is 13.1. The van der Waals surface area contributed by atoms with Crippen LogP contribution in [0, 0.1) is 11.8 Å². The van der Waals surface area contributed by atoms with Gasteiger partial charge in [0.25, 0.3) is 5.91 Å². The predicted octanol–water partition coefficient (Wildman–Crippen LogP) is 4.09. The van der Waals surface area contributed by atoms with Gasteiger partial charge in [0.1, 0.15) is 0 Å². The van der Waals surface area contributed by atoms with Crippen molar-refractivity contribution >= 4 is 34.7 Å². The first-order valence-corrected chi connectivity index (χ1v) is 12.5. The van der Waals surface area contributed by atoms with Crippen LogP contribution >= 0.6 is 11.3 Å². The molecule has 3 amide bonds. The lowest BCUT2D eigenvalue weighted by Gasteiger charge is -2.32. The fourth-order valence-corrected chi connectivity index (χ4v) is 4.85. The largest absolute Gasteiger partial charge is 0.356 e. The van der Waals surface area contributed by atoms with Crippen molar-refractivity contribution < 1.29 is 14.4 Å². The summed E-state index contributed by atoms with van der Waals surface area (Å²) in [5.41, 5.74) is 1.17. The van der Waals surface area contributed by atoms with Crippen LogP contribution in [0.1, 0.15) is 53.8 Å². The first-order valence-electron chi connectivity index (χ1n) is 11.6. The molecule has 1 saturated carbocycles. The molecule has 2 heterocycles. The van der Waals surface area contributed by atoms with Gasteiger partial charge in [-0.2, -0.15) is 0 Å². The van der Waals surface area contributed by atoms with Crippen LogP contribution in [0.25, 0.3) is 0 Å². The number of likely N-dealkylation sites (tertiary alicyclic amines) is 1. The summed E-state index contributed by atoms with van der Waals surface area (Å²) in [6.07, 6.45) is 6.20. The van der Waals surface area contributed by atoms with Crippen LogP contribution in [-0.4, -0.2) is 42.3 Å². The van der Waals surface area contributed by atoms with E-state index in [1.807, 2.05) is 11.4 Å². The molecule has 1 saturated heterocycles. The molecular weight excluding hydrogens is 422 g/mol. The van der Waals surface area contributed by atoms with Crippen molar-refractivity contribution in [2.75, 3.05) is 25.0 Å². The third-order valence-electron chi connectivity index (χ3n) is 6.14. The molecule has 1 atom stereocenters. The maximum Gasteiger partial charge on any atom is 0.253 e. The SMILES string of the molecule is O=C(CCCc1cccs1)Nc1cccc(C(=O)N2CCCC(C(=O)NCC3CC3)C2)c1. The van der Waals surface area contributed by atoms with Gasteiger partial charge in [0.05, 0.1) is 5.92 Å². The Kier molecular flexibility index (Phi) is 7.58. The highest BCUT2D eigenvalue weighted by Gasteiger charge is 2.30. The van der Waals surface area contributed by atoms with E-state index in [2.05, 4.69) is 16.7 Å². The maximum absolute atomic E-state index is 13.1. The molecule has 2 fully saturated rings. The minimum absolute atomic E-state index is 0.0449.